The molecule has 0 amide bonds. The van der Waals surface area contributed by atoms with Crippen LogP contribution in [-0.2, 0) is 4.74 Å². The van der Waals surface area contributed by atoms with E-state index in [2.05, 4.69) is 0 Å². The number of carbonyl (C=O) groups is 1. The maximum absolute atomic E-state index is 10.8. The van der Waals surface area contributed by atoms with Crippen LogP contribution >= 0.6 is 11.3 Å². The first kappa shape index (κ1) is 11.4. The molecule has 4 heteroatoms. The van der Waals surface area contributed by atoms with Crippen LogP contribution in [0.15, 0.2) is 30.3 Å². The topological polar surface area (TPSA) is 35.5 Å². The van der Waals surface area contributed by atoms with Gasteiger partial charge >= 0.3 is 0 Å². The SMILES string of the molecule is Cc1sc(C=O)cc1C1OCOc2ccccc21. The molecule has 2 heterocycles. The Morgan fingerprint density at radius 2 is 2.17 bits per heavy atom. The molecule has 1 aliphatic rings. The molecule has 1 aliphatic heterocycles. The van der Waals surface area contributed by atoms with Gasteiger partial charge in [-0.3, -0.25) is 4.79 Å². The molecule has 1 atom stereocenters. The number of rotatable bonds is 2. The lowest BCUT2D eigenvalue weighted by Gasteiger charge is -2.26. The van der Waals surface area contributed by atoms with Gasteiger partial charge in [-0.15, -0.1) is 11.3 Å². The molecule has 0 N–H and O–H groups in total. The van der Waals surface area contributed by atoms with Crippen molar-refractivity contribution in [3.8, 4) is 5.75 Å². The van der Waals surface area contributed by atoms with E-state index in [0.717, 1.165) is 32.9 Å². The van der Waals surface area contributed by atoms with Crippen molar-refractivity contribution in [1.82, 2.24) is 0 Å². The standard InChI is InChI=1S/C14H12O3S/c1-9-12(6-10(7-15)18-9)14-11-4-2-3-5-13(11)16-8-17-14/h2-7,14H,8H2,1H3. The summed E-state index contributed by atoms with van der Waals surface area (Å²) in [6.07, 6.45) is 0.742. The minimum atomic E-state index is -0.139. The van der Waals surface area contributed by atoms with E-state index in [-0.39, 0.29) is 12.9 Å². The van der Waals surface area contributed by atoms with Crippen molar-refractivity contribution in [3.63, 3.8) is 0 Å². The summed E-state index contributed by atoms with van der Waals surface area (Å²) in [5.41, 5.74) is 2.07. The smallest absolute Gasteiger partial charge is 0.190 e. The van der Waals surface area contributed by atoms with Gasteiger partial charge in [0.15, 0.2) is 13.1 Å². The summed E-state index contributed by atoms with van der Waals surface area (Å²) in [6.45, 7) is 2.25. The maximum Gasteiger partial charge on any atom is 0.190 e. The van der Waals surface area contributed by atoms with Crippen LogP contribution in [0.3, 0.4) is 0 Å². The van der Waals surface area contributed by atoms with Crippen LogP contribution in [-0.4, -0.2) is 13.1 Å². The predicted molar refractivity (Wildman–Crippen MR) is 69.3 cm³/mol. The Kier molecular flexibility index (Phi) is 2.89. The highest BCUT2D eigenvalue weighted by Crippen LogP contribution is 2.39. The van der Waals surface area contributed by atoms with Crippen LogP contribution in [0.2, 0.25) is 0 Å². The number of fused-ring (bicyclic) bond motifs is 1. The Morgan fingerprint density at radius 1 is 1.33 bits per heavy atom. The van der Waals surface area contributed by atoms with Crippen molar-refractivity contribution in [3.05, 3.63) is 51.2 Å². The first-order valence-electron chi connectivity index (χ1n) is 5.68. The fraction of sp³-hybridized carbons (Fsp3) is 0.214. The van der Waals surface area contributed by atoms with Gasteiger partial charge in [0.1, 0.15) is 11.9 Å². The summed E-state index contributed by atoms with van der Waals surface area (Å²) in [4.78, 5) is 12.7. The third kappa shape index (κ3) is 1.83. The quantitative estimate of drug-likeness (QED) is 0.777. The van der Waals surface area contributed by atoms with Gasteiger partial charge in [-0.05, 0) is 24.6 Å². The van der Waals surface area contributed by atoms with Crippen molar-refractivity contribution >= 4 is 17.6 Å². The number of hydrogen-bond acceptors (Lipinski definition) is 4. The summed E-state index contributed by atoms with van der Waals surface area (Å²) in [5.74, 6) is 0.854. The van der Waals surface area contributed by atoms with E-state index in [0.29, 0.717) is 0 Å². The second-order valence-electron chi connectivity index (χ2n) is 4.12. The first-order valence-corrected chi connectivity index (χ1v) is 6.50. The zero-order valence-corrected chi connectivity index (χ0v) is 10.7. The highest BCUT2D eigenvalue weighted by atomic mass is 32.1. The molecule has 18 heavy (non-hydrogen) atoms. The Bertz CT molecular complexity index is 588. The van der Waals surface area contributed by atoms with Crippen LogP contribution in [0, 0.1) is 6.92 Å². The number of benzene rings is 1. The van der Waals surface area contributed by atoms with Gasteiger partial charge < -0.3 is 9.47 Å². The van der Waals surface area contributed by atoms with Crippen molar-refractivity contribution in [1.29, 1.82) is 0 Å². The van der Waals surface area contributed by atoms with Crippen molar-refractivity contribution in [2.45, 2.75) is 13.0 Å². The average Bonchev–Trinajstić information content (AvgIpc) is 2.79. The molecule has 0 radical (unpaired) electrons. The molecule has 0 saturated heterocycles. The number of aryl methyl sites for hydroxylation is 1. The van der Waals surface area contributed by atoms with Crippen molar-refractivity contribution in [2.24, 2.45) is 0 Å². The average molecular weight is 260 g/mol. The van der Waals surface area contributed by atoms with Crippen LogP contribution in [0.25, 0.3) is 0 Å². The van der Waals surface area contributed by atoms with Gasteiger partial charge in [-0.1, -0.05) is 18.2 Å². The third-order valence-corrected chi connectivity index (χ3v) is 4.02. The molecule has 0 fully saturated rings. The molecule has 1 unspecified atom stereocenters. The van der Waals surface area contributed by atoms with Gasteiger partial charge in [0.05, 0.1) is 4.88 Å². The second kappa shape index (κ2) is 4.55. The molecular weight excluding hydrogens is 248 g/mol. The number of ether oxygens (including phenoxy) is 2. The molecule has 0 bridgehead atoms. The molecule has 0 spiro atoms. The second-order valence-corrected chi connectivity index (χ2v) is 5.41. The number of para-hydroxylation sites is 1. The third-order valence-electron chi connectivity index (χ3n) is 3.02. The van der Waals surface area contributed by atoms with Crippen molar-refractivity contribution < 1.29 is 14.3 Å². The van der Waals surface area contributed by atoms with Gasteiger partial charge in [0, 0.05) is 10.4 Å². The Balaban J connectivity index is 2.07. The van der Waals surface area contributed by atoms with E-state index in [1.807, 2.05) is 37.3 Å². The number of thiophene rings is 1. The van der Waals surface area contributed by atoms with Gasteiger partial charge in [0.2, 0.25) is 0 Å². The summed E-state index contributed by atoms with van der Waals surface area (Å²) >= 11 is 1.49. The minimum Gasteiger partial charge on any atom is -0.467 e. The lowest BCUT2D eigenvalue weighted by atomic mass is 10.0. The van der Waals surface area contributed by atoms with Crippen molar-refractivity contribution in [2.75, 3.05) is 6.79 Å². The van der Waals surface area contributed by atoms with Gasteiger partial charge in [0.25, 0.3) is 0 Å². The Hall–Kier alpha value is -1.65. The monoisotopic (exact) mass is 260 g/mol. The fourth-order valence-corrected chi connectivity index (χ4v) is 3.05. The van der Waals surface area contributed by atoms with Gasteiger partial charge in [-0.2, -0.15) is 0 Å². The van der Waals surface area contributed by atoms with Gasteiger partial charge in [-0.25, -0.2) is 0 Å². The highest BCUT2D eigenvalue weighted by molar-refractivity contribution is 7.13. The first-order chi connectivity index (χ1) is 8.79. The molecule has 0 aliphatic carbocycles. The summed E-state index contributed by atoms with van der Waals surface area (Å²) in [5, 5.41) is 0. The van der Waals surface area contributed by atoms with Crippen LogP contribution in [0.1, 0.15) is 31.8 Å². The Morgan fingerprint density at radius 3 is 2.94 bits per heavy atom. The molecule has 92 valence electrons. The van der Waals surface area contributed by atoms with E-state index >= 15 is 0 Å². The van der Waals surface area contributed by atoms with E-state index in [1.165, 1.54) is 11.3 Å². The maximum atomic E-state index is 10.8. The van der Waals surface area contributed by atoms with Crippen LogP contribution in [0.4, 0.5) is 0 Å². The molecule has 3 rings (SSSR count). The molecule has 3 nitrogen and oxygen atoms in total. The lowest BCUT2D eigenvalue weighted by molar-refractivity contribution is -0.0419. The fourth-order valence-electron chi connectivity index (χ4n) is 2.18. The Labute approximate surface area is 109 Å². The number of aldehydes is 1. The van der Waals surface area contributed by atoms with E-state index in [9.17, 15) is 4.79 Å². The summed E-state index contributed by atoms with van der Waals surface area (Å²) < 4.78 is 11.2. The van der Waals surface area contributed by atoms with Crippen LogP contribution < -0.4 is 4.74 Å². The van der Waals surface area contributed by atoms with E-state index in [4.69, 9.17) is 9.47 Å². The van der Waals surface area contributed by atoms with E-state index < -0.39 is 0 Å². The molecule has 1 aromatic carbocycles. The predicted octanol–water partition coefficient (Wildman–Crippen LogP) is 3.32. The molecule has 0 saturated carbocycles. The largest absolute Gasteiger partial charge is 0.467 e. The van der Waals surface area contributed by atoms with Crippen LogP contribution in [0.5, 0.6) is 5.75 Å². The van der Waals surface area contributed by atoms with E-state index in [1.54, 1.807) is 0 Å². The normalized spacial score (nSPS) is 17.9. The lowest BCUT2D eigenvalue weighted by Crippen LogP contribution is -2.18. The molecular formula is C14H12O3S. The highest BCUT2D eigenvalue weighted by Gasteiger charge is 2.25. The number of carbonyl (C=O) groups excluding carboxylic acids is 1. The molecule has 2 aromatic rings. The summed E-state index contributed by atoms with van der Waals surface area (Å²) in [7, 11) is 0. The summed E-state index contributed by atoms with van der Waals surface area (Å²) in [6, 6.07) is 9.74. The zero-order chi connectivity index (χ0) is 12.5. The minimum absolute atomic E-state index is 0.139. The zero-order valence-electron chi connectivity index (χ0n) is 9.88. The number of hydrogen-bond donors (Lipinski definition) is 0. The molecule has 1 aromatic heterocycles.